The molecule has 90 valence electrons. The first-order valence-corrected chi connectivity index (χ1v) is 5.89. The summed E-state index contributed by atoms with van der Waals surface area (Å²) < 4.78 is 0. The first-order valence-electron chi connectivity index (χ1n) is 5.89. The van der Waals surface area contributed by atoms with Crippen LogP contribution >= 0.6 is 0 Å². The smallest absolute Gasteiger partial charge is 0.113 e. The first-order chi connectivity index (χ1) is 6.41. The summed E-state index contributed by atoms with van der Waals surface area (Å²) >= 11 is 0. The van der Waals surface area contributed by atoms with Crippen LogP contribution in [0.25, 0.3) is 0 Å². The topological polar surface area (TPSA) is 32.3 Å². The van der Waals surface area contributed by atoms with Crippen molar-refractivity contribution in [3.8, 4) is 0 Å². The Morgan fingerprint density at radius 2 is 1.53 bits per heavy atom. The van der Waals surface area contributed by atoms with Crippen LogP contribution in [0.1, 0.15) is 54.9 Å². The van der Waals surface area contributed by atoms with Crippen LogP contribution in [-0.4, -0.2) is 17.4 Å². The SMILES string of the molecule is CC1(O)CC(C)(C(C)(C)C)C(C)(C)CN1. The van der Waals surface area contributed by atoms with Gasteiger partial charge in [0.1, 0.15) is 5.72 Å². The molecule has 0 saturated carbocycles. The Labute approximate surface area is 94.5 Å². The van der Waals surface area contributed by atoms with Crippen molar-refractivity contribution in [3.63, 3.8) is 0 Å². The zero-order chi connectivity index (χ0) is 12.1. The minimum atomic E-state index is -0.725. The zero-order valence-corrected chi connectivity index (χ0v) is 11.4. The van der Waals surface area contributed by atoms with Gasteiger partial charge in [0.15, 0.2) is 0 Å². The third-order valence-corrected chi connectivity index (χ3v) is 4.76. The fourth-order valence-electron chi connectivity index (χ4n) is 2.88. The van der Waals surface area contributed by atoms with Crippen molar-refractivity contribution < 1.29 is 5.11 Å². The van der Waals surface area contributed by atoms with Gasteiger partial charge >= 0.3 is 0 Å². The molecule has 0 amide bonds. The van der Waals surface area contributed by atoms with E-state index < -0.39 is 5.72 Å². The molecule has 15 heavy (non-hydrogen) atoms. The lowest BCUT2D eigenvalue weighted by molar-refractivity contribution is -0.148. The number of piperidine rings is 1. The molecule has 0 bridgehead atoms. The lowest BCUT2D eigenvalue weighted by atomic mass is 9.50. The minimum Gasteiger partial charge on any atom is -0.376 e. The molecule has 2 unspecified atom stereocenters. The number of nitrogens with one attached hydrogen (secondary N) is 1. The highest BCUT2D eigenvalue weighted by Crippen LogP contribution is 2.57. The number of rotatable bonds is 0. The molecule has 1 fully saturated rings. The molecule has 0 aliphatic carbocycles. The van der Waals surface area contributed by atoms with Crippen LogP contribution in [0.5, 0.6) is 0 Å². The monoisotopic (exact) mass is 213 g/mol. The van der Waals surface area contributed by atoms with Crippen LogP contribution in [0.3, 0.4) is 0 Å². The number of aliphatic hydroxyl groups is 1. The van der Waals surface area contributed by atoms with Crippen LogP contribution < -0.4 is 5.32 Å². The van der Waals surface area contributed by atoms with E-state index in [1.54, 1.807) is 0 Å². The second-order valence-electron chi connectivity index (χ2n) is 7.27. The Bertz CT molecular complexity index is 250. The molecule has 1 aliphatic rings. The van der Waals surface area contributed by atoms with Crippen LogP contribution in [0.4, 0.5) is 0 Å². The Morgan fingerprint density at radius 1 is 1.07 bits per heavy atom. The molecule has 2 heteroatoms. The van der Waals surface area contributed by atoms with E-state index in [0.29, 0.717) is 0 Å². The van der Waals surface area contributed by atoms with Gasteiger partial charge in [-0.1, -0.05) is 41.5 Å². The second kappa shape index (κ2) is 3.21. The van der Waals surface area contributed by atoms with E-state index in [-0.39, 0.29) is 16.2 Å². The Morgan fingerprint density at radius 3 is 1.87 bits per heavy atom. The molecule has 0 aromatic heterocycles. The largest absolute Gasteiger partial charge is 0.376 e. The van der Waals surface area contributed by atoms with E-state index in [4.69, 9.17) is 0 Å². The molecule has 2 nitrogen and oxygen atoms in total. The van der Waals surface area contributed by atoms with Crippen molar-refractivity contribution >= 4 is 0 Å². The predicted octanol–water partition coefficient (Wildman–Crippen LogP) is 2.77. The fraction of sp³-hybridized carbons (Fsp3) is 1.00. The average molecular weight is 213 g/mol. The normalized spacial score (nSPS) is 41.6. The maximum absolute atomic E-state index is 10.2. The van der Waals surface area contributed by atoms with E-state index in [9.17, 15) is 5.11 Å². The van der Waals surface area contributed by atoms with E-state index in [2.05, 4.69) is 46.9 Å². The molecule has 2 atom stereocenters. The third kappa shape index (κ3) is 2.07. The zero-order valence-electron chi connectivity index (χ0n) is 11.4. The fourth-order valence-corrected chi connectivity index (χ4v) is 2.88. The molecular weight excluding hydrogens is 186 g/mol. The summed E-state index contributed by atoms with van der Waals surface area (Å²) in [6.07, 6.45) is 0.802. The summed E-state index contributed by atoms with van der Waals surface area (Å²) in [5, 5.41) is 13.4. The van der Waals surface area contributed by atoms with Crippen molar-refractivity contribution in [2.45, 2.75) is 60.6 Å². The van der Waals surface area contributed by atoms with E-state index in [0.717, 1.165) is 13.0 Å². The van der Waals surface area contributed by atoms with Gasteiger partial charge in [-0.15, -0.1) is 0 Å². The summed E-state index contributed by atoms with van der Waals surface area (Å²) in [6, 6.07) is 0. The van der Waals surface area contributed by atoms with Gasteiger partial charge in [-0.25, -0.2) is 0 Å². The van der Waals surface area contributed by atoms with Crippen molar-refractivity contribution in [2.24, 2.45) is 16.2 Å². The summed E-state index contributed by atoms with van der Waals surface area (Å²) in [5.41, 5.74) is -0.192. The quantitative estimate of drug-likeness (QED) is 0.648. The first kappa shape index (κ1) is 13.0. The summed E-state index contributed by atoms with van der Waals surface area (Å²) in [6.45, 7) is 16.5. The van der Waals surface area contributed by atoms with Gasteiger partial charge < -0.3 is 5.11 Å². The van der Waals surface area contributed by atoms with Crippen molar-refractivity contribution in [3.05, 3.63) is 0 Å². The van der Waals surface area contributed by atoms with E-state index in [1.165, 1.54) is 0 Å². The summed E-state index contributed by atoms with van der Waals surface area (Å²) in [7, 11) is 0. The van der Waals surface area contributed by atoms with Gasteiger partial charge in [-0.2, -0.15) is 0 Å². The molecule has 1 saturated heterocycles. The van der Waals surface area contributed by atoms with Gasteiger partial charge in [0.05, 0.1) is 0 Å². The maximum atomic E-state index is 10.2. The number of hydrogen-bond acceptors (Lipinski definition) is 2. The molecule has 1 rings (SSSR count). The average Bonchev–Trinajstić information content (AvgIpc) is 1.96. The standard InChI is InChI=1S/C13H27NO/c1-10(2,3)12(6)8-13(7,15)14-9-11(12,4)5/h14-15H,8-9H2,1-7H3. The number of hydrogen-bond donors (Lipinski definition) is 2. The van der Waals surface area contributed by atoms with Crippen LogP contribution in [-0.2, 0) is 0 Å². The van der Waals surface area contributed by atoms with Crippen molar-refractivity contribution in [1.29, 1.82) is 0 Å². The van der Waals surface area contributed by atoms with Gasteiger partial charge in [0.2, 0.25) is 0 Å². The van der Waals surface area contributed by atoms with Gasteiger partial charge in [0, 0.05) is 6.54 Å². The summed E-state index contributed by atoms with van der Waals surface area (Å²) in [4.78, 5) is 0. The highest BCUT2D eigenvalue weighted by molar-refractivity contribution is 5.04. The van der Waals surface area contributed by atoms with Gasteiger partial charge in [-0.3, -0.25) is 5.32 Å². The van der Waals surface area contributed by atoms with Crippen LogP contribution in [0, 0.1) is 16.2 Å². The molecule has 0 radical (unpaired) electrons. The molecule has 1 heterocycles. The maximum Gasteiger partial charge on any atom is 0.113 e. The van der Waals surface area contributed by atoms with Crippen molar-refractivity contribution in [2.75, 3.05) is 6.54 Å². The van der Waals surface area contributed by atoms with Crippen LogP contribution in [0.2, 0.25) is 0 Å². The lowest BCUT2D eigenvalue weighted by Crippen LogP contribution is -2.63. The second-order valence-corrected chi connectivity index (χ2v) is 7.27. The summed E-state index contributed by atoms with van der Waals surface area (Å²) in [5.74, 6) is 0. The Hall–Kier alpha value is -0.0800. The lowest BCUT2D eigenvalue weighted by Gasteiger charge is -2.59. The highest BCUT2D eigenvalue weighted by atomic mass is 16.3. The predicted molar refractivity (Wildman–Crippen MR) is 64.6 cm³/mol. The Balaban J connectivity index is 3.11. The minimum absolute atomic E-state index is 0.134. The molecule has 0 aromatic rings. The third-order valence-electron chi connectivity index (χ3n) is 4.76. The van der Waals surface area contributed by atoms with Crippen LogP contribution in [0.15, 0.2) is 0 Å². The molecule has 0 spiro atoms. The molecule has 1 aliphatic heterocycles. The highest BCUT2D eigenvalue weighted by Gasteiger charge is 2.54. The van der Waals surface area contributed by atoms with E-state index >= 15 is 0 Å². The van der Waals surface area contributed by atoms with Gasteiger partial charge in [-0.05, 0) is 29.6 Å². The molecule has 0 aromatic carbocycles. The van der Waals surface area contributed by atoms with E-state index in [1.807, 2.05) is 6.92 Å². The molecule has 2 N–H and O–H groups in total. The van der Waals surface area contributed by atoms with Gasteiger partial charge in [0.25, 0.3) is 0 Å². The van der Waals surface area contributed by atoms with Crippen molar-refractivity contribution in [1.82, 2.24) is 5.32 Å². The Kier molecular flexibility index (Phi) is 2.78. The molecular formula is C13H27NO.